The summed E-state index contributed by atoms with van der Waals surface area (Å²) in [6, 6.07) is 32.2. The Morgan fingerprint density at radius 3 is 2.32 bits per heavy atom. The second-order valence-corrected chi connectivity index (χ2v) is 9.42. The number of aryl methyl sites for hydroxylation is 3. The molecule has 3 heterocycles. The van der Waals surface area contributed by atoms with Crippen molar-refractivity contribution in [1.82, 2.24) is 14.5 Å². The minimum Gasteiger partial charge on any atom is -0.437 e. The lowest BCUT2D eigenvalue weighted by Gasteiger charge is -2.17. The van der Waals surface area contributed by atoms with Crippen molar-refractivity contribution in [3.63, 3.8) is 0 Å². The van der Waals surface area contributed by atoms with Crippen molar-refractivity contribution in [2.45, 2.75) is 20.7 Å². The number of rotatable bonds is 3. The fourth-order valence-electron chi connectivity index (χ4n) is 5.39. The normalized spacial score (nSPS) is 13.2. The summed E-state index contributed by atoms with van der Waals surface area (Å²) in [4.78, 5) is 9.44. The topological polar surface area (TPSA) is 43.9 Å². The van der Waals surface area contributed by atoms with E-state index in [1.54, 1.807) is 12.1 Å². The molecule has 0 amide bonds. The van der Waals surface area contributed by atoms with Crippen LogP contribution in [0.3, 0.4) is 0 Å². The van der Waals surface area contributed by atoms with Crippen LogP contribution in [0, 0.1) is 20.7 Å². The lowest BCUT2D eigenvalue weighted by molar-refractivity contribution is 0.653. The minimum atomic E-state index is -2.31. The van der Waals surface area contributed by atoms with E-state index in [4.69, 9.17) is 13.5 Å². The third-order valence-corrected chi connectivity index (χ3v) is 6.99. The van der Waals surface area contributed by atoms with Crippen molar-refractivity contribution in [1.29, 1.82) is 0 Å². The molecule has 4 nitrogen and oxygen atoms in total. The second kappa shape index (κ2) is 8.17. The second-order valence-electron chi connectivity index (χ2n) is 9.42. The zero-order valence-electron chi connectivity index (χ0n) is 23.5. The molecule has 4 aromatic carbocycles. The van der Waals surface area contributed by atoms with Crippen LogP contribution in [0.4, 0.5) is 0 Å². The molecule has 37 heavy (non-hydrogen) atoms. The average Bonchev–Trinajstić information content (AvgIpc) is 3.51. The third kappa shape index (κ3) is 3.37. The van der Waals surface area contributed by atoms with E-state index < -0.39 is 6.85 Å². The standard InChI is InChI=1S/C33H25N3O/c1-20-18-24(23-10-5-4-6-11-23)19-21(2)30(20)36-29-15-8-7-14-28(29)35-32(36)27-13-9-12-25-26-17-16-22(3)34-33(26)37-31(25)27/h4-19H,1-3H3/i3D3. The first-order chi connectivity index (χ1) is 19.3. The van der Waals surface area contributed by atoms with Gasteiger partial charge in [0.1, 0.15) is 11.4 Å². The van der Waals surface area contributed by atoms with E-state index in [9.17, 15) is 0 Å². The summed E-state index contributed by atoms with van der Waals surface area (Å²) >= 11 is 0. The number of imidazole rings is 1. The first-order valence-corrected chi connectivity index (χ1v) is 12.3. The lowest BCUT2D eigenvalue weighted by atomic mass is 9.98. The van der Waals surface area contributed by atoms with Crippen molar-refractivity contribution in [2.75, 3.05) is 0 Å². The Balaban J connectivity index is 1.50. The van der Waals surface area contributed by atoms with Gasteiger partial charge in [0.25, 0.3) is 0 Å². The van der Waals surface area contributed by atoms with E-state index >= 15 is 0 Å². The molecular weight excluding hydrogens is 454 g/mol. The van der Waals surface area contributed by atoms with Gasteiger partial charge in [-0.25, -0.2) is 9.97 Å². The van der Waals surface area contributed by atoms with E-state index in [0.717, 1.165) is 50.0 Å². The molecule has 0 unspecified atom stereocenters. The summed E-state index contributed by atoms with van der Waals surface area (Å²) in [6.07, 6.45) is 0. The van der Waals surface area contributed by atoms with E-state index in [2.05, 4.69) is 65.9 Å². The summed E-state index contributed by atoms with van der Waals surface area (Å²) in [6.45, 7) is 1.95. The molecule has 178 valence electrons. The van der Waals surface area contributed by atoms with E-state index in [-0.39, 0.29) is 5.69 Å². The molecule has 7 aromatic rings. The molecule has 0 N–H and O–H groups in total. The summed E-state index contributed by atoms with van der Waals surface area (Å²) in [5.74, 6) is 0.751. The molecule has 3 aromatic heterocycles. The highest BCUT2D eigenvalue weighted by atomic mass is 16.3. The van der Waals surface area contributed by atoms with Gasteiger partial charge in [-0.15, -0.1) is 0 Å². The van der Waals surface area contributed by atoms with Gasteiger partial charge in [-0.05, 0) is 85.4 Å². The van der Waals surface area contributed by atoms with Crippen molar-refractivity contribution in [3.8, 4) is 28.2 Å². The highest BCUT2D eigenvalue weighted by Crippen LogP contribution is 2.39. The van der Waals surface area contributed by atoms with Crippen molar-refractivity contribution in [2.24, 2.45) is 0 Å². The number of hydrogen-bond donors (Lipinski definition) is 0. The Morgan fingerprint density at radius 2 is 1.51 bits per heavy atom. The minimum absolute atomic E-state index is 0.0117. The van der Waals surface area contributed by atoms with Crippen LogP contribution in [0.2, 0.25) is 0 Å². The number of aromatic nitrogens is 3. The average molecular weight is 483 g/mol. The fourth-order valence-corrected chi connectivity index (χ4v) is 5.39. The van der Waals surface area contributed by atoms with Crippen molar-refractivity contribution < 1.29 is 8.53 Å². The van der Waals surface area contributed by atoms with E-state index in [1.807, 2.05) is 42.5 Å². The Bertz CT molecular complexity index is 2050. The van der Waals surface area contributed by atoms with Crippen LogP contribution in [0.15, 0.2) is 101 Å². The highest BCUT2D eigenvalue weighted by molar-refractivity contribution is 6.08. The van der Waals surface area contributed by atoms with E-state index in [0.29, 0.717) is 11.3 Å². The molecule has 0 fully saturated rings. The number of fused-ring (bicyclic) bond motifs is 4. The smallest absolute Gasteiger partial charge is 0.227 e. The van der Waals surface area contributed by atoms with Crippen LogP contribution in [0.5, 0.6) is 0 Å². The highest BCUT2D eigenvalue weighted by Gasteiger charge is 2.22. The number of hydrogen-bond acceptors (Lipinski definition) is 3. The predicted molar refractivity (Wildman–Crippen MR) is 151 cm³/mol. The van der Waals surface area contributed by atoms with Gasteiger partial charge in [0.05, 0.1) is 22.3 Å². The Hall–Kier alpha value is -4.70. The largest absolute Gasteiger partial charge is 0.437 e. The molecule has 7 rings (SSSR count). The van der Waals surface area contributed by atoms with Crippen molar-refractivity contribution >= 4 is 33.1 Å². The predicted octanol–water partition coefficient (Wildman–Crippen LogP) is 8.58. The quantitative estimate of drug-likeness (QED) is 0.253. The van der Waals surface area contributed by atoms with Gasteiger partial charge < -0.3 is 4.42 Å². The molecule has 0 saturated heterocycles. The Labute approximate surface area is 219 Å². The van der Waals surface area contributed by atoms with Crippen LogP contribution in [0.1, 0.15) is 20.9 Å². The Kier molecular flexibility index (Phi) is 4.10. The maximum Gasteiger partial charge on any atom is 0.227 e. The van der Waals surface area contributed by atoms with Gasteiger partial charge in [0, 0.05) is 20.6 Å². The molecule has 0 aliphatic carbocycles. The van der Waals surface area contributed by atoms with Gasteiger partial charge >= 0.3 is 0 Å². The van der Waals surface area contributed by atoms with Crippen LogP contribution in [-0.4, -0.2) is 14.5 Å². The summed E-state index contributed by atoms with van der Waals surface area (Å²) < 4.78 is 31.8. The SMILES string of the molecule is [2H]C([2H])([2H])c1ccc2c(n1)oc1c(-c3nc4ccccc4n3-c3c(C)cc(-c4ccccc4)cc3C)cccc12. The summed E-state index contributed by atoms with van der Waals surface area (Å²) in [7, 11) is 0. The maximum atomic E-state index is 7.77. The van der Waals surface area contributed by atoms with Crippen LogP contribution in [0.25, 0.3) is 61.3 Å². The molecule has 0 saturated carbocycles. The van der Waals surface area contributed by atoms with Crippen LogP contribution < -0.4 is 0 Å². The number of nitrogens with zero attached hydrogens (tertiary/aromatic N) is 3. The van der Waals surface area contributed by atoms with Gasteiger partial charge in [-0.3, -0.25) is 4.57 Å². The molecule has 4 heteroatoms. The molecular formula is C33H25N3O. The number of para-hydroxylation sites is 3. The molecule has 0 radical (unpaired) electrons. The molecule has 0 bridgehead atoms. The first kappa shape index (κ1) is 18.6. The van der Waals surface area contributed by atoms with Gasteiger partial charge in [0.2, 0.25) is 5.71 Å². The lowest BCUT2D eigenvalue weighted by Crippen LogP contribution is -2.03. The number of pyridine rings is 1. The summed E-state index contributed by atoms with van der Waals surface area (Å²) in [5, 5.41) is 1.63. The zero-order chi connectivity index (χ0) is 27.6. The van der Waals surface area contributed by atoms with Gasteiger partial charge in [-0.1, -0.05) is 54.6 Å². The molecule has 0 atom stereocenters. The first-order valence-electron chi connectivity index (χ1n) is 13.8. The fraction of sp³-hybridized carbons (Fsp3) is 0.0909. The van der Waals surface area contributed by atoms with Crippen molar-refractivity contribution in [3.05, 3.63) is 114 Å². The number of furan rings is 1. The summed E-state index contributed by atoms with van der Waals surface area (Å²) in [5.41, 5.74) is 9.29. The van der Waals surface area contributed by atoms with Crippen LogP contribution >= 0.6 is 0 Å². The van der Waals surface area contributed by atoms with Gasteiger partial charge in [-0.2, -0.15) is 0 Å². The number of benzene rings is 4. The monoisotopic (exact) mass is 482 g/mol. The Morgan fingerprint density at radius 1 is 0.730 bits per heavy atom. The molecule has 0 aliphatic rings. The third-order valence-electron chi connectivity index (χ3n) is 6.99. The van der Waals surface area contributed by atoms with Crippen LogP contribution in [-0.2, 0) is 0 Å². The van der Waals surface area contributed by atoms with E-state index in [1.165, 1.54) is 11.1 Å². The molecule has 0 aliphatic heterocycles. The maximum absolute atomic E-state index is 7.77. The van der Waals surface area contributed by atoms with Gasteiger partial charge in [0.15, 0.2) is 0 Å². The zero-order valence-corrected chi connectivity index (χ0v) is 20.5. The molecule has 0 spiro atoms.